The third-order valence-corrected chi connectivity index (χ3v) is 2.79. The molecule has 1 aromatic rings. The van der Waals surface area contributed by atoms with Gasteiger partial charge in [0.2, 0.25) is 0 Å². The fraction of sp³-hybridized carbons (Fsp3) is 0.538. The van der Waals surface area contributed by atoms with Gasteiger partial charge in [-0.2, -0.15) is 0 Å². The summed E-state index contributed by atoms with van der Waals surface area (Å²) in [6.45, 7) is 4.10. The second-order valence-corrected chi connectivity index (χ2v) is 4.11. The highest BCUT2D eigenvalue weighted by Gasteiger charge is 2.12. The van der Waals surface area contributed by atoms with Crippen LogP contribution in [0.4, 0.5) is 5.82 Å². The predicted octanol–water partition coefficient (Wildman–Crippen LogP) is 2.88. The van der Waals surface area contributed by atoms with E-state index in [2.05, 4.69) is 28.3 Å². The molecular formula is C13H19N3. The molecule has 1 N–H and O–H groups in total. The van der Waals surface area contributed by atoms with Crippen molar-refractivity contribution in [3.63, 3.8) is 0 Å². The Morgan fingerprint density at radius 2 is 2.31 bits per heavy atom. The molecule has 3 heteroatoms. The fourth-order valence-electron chi connectivity index (χ4n) is 1.94. The van der Waals surface area contributed by atoms with Crippen LogP contribution in [0.2, 0.25) is 0 Å². The lowest BCUT2D eigenvalue weighted by atomic mass is 10.0. The highest BCUT2D eigenvalue weighted by atomic mass is 15.0. The Balaban J connectivity index is 2.21. The quantitative estimate of drug-likeness (QED) is 0.842. The van der Waals surface area contributed by atoms with Gasteiger partial charge < -0.3 is 5.32 Å². The average Bonchev–Trinajstić information content (AvgIpc) is 2.38. The minimum absolute atomic E-state index is 0.970. The lowest BCUT2D eigenvalue weighted by Gasteiger charge is -2.15. The number of rotatable bonds is 4. The van der Waals surface area contributed by atoms with Gasteiger partial charge in [0.15, 0.2) is 0 Å². The molecule has 0 saturated carbocycles. The van der Waals surface area contributed by atoms with E-state index in [1.165, 1.54) is 24.1 Å². The zero-order chi connectivity index (χ0) is 11.2. The van der Waals surface area contributed by atoms with Crippen molar-refractivity contribution in [2.75, 3.05) is 18.4 Å². The molecule has 0 fully saturated rings. The van der Waals surface area contributed by atoms with E-state index in [1.807, 2.05) is 12.3 Å². The fourth-order valence-corrected chi connectivity index (χ4v) is 1.94. The molecule has 1 aliphatic heterocycles. The van der Waals surface area contributed by atoms with E-state index in [4.69, 9.17) is 0 Å². The second kappa shape index (κ2) is 5.64. The Morgan fingerprint density at radius 3 is 3.06 bits per heavy atom. The molecule has 0 amide bonds. The van der Waals surface area contributed by atoms with Crippen LogP contribution < -0.4 is 5.32 Å². The number of nitrogens with zero attached hydrogens (tertiary/aromatic N) is 2. The largest absolute Gasteiger partial charge is 0.370 e. The van der Waals surface area contributed by atoms with Gasteiger partial charge in [0.1, 0.15) is 5.82 Å². The maximum Gasteiger partial charge on any atom is 0.135 e. The molecule has 0 radical (unpaired) electrons. The number of aliphatic imine (C=N–C) groups is 1. The van der Waals surface area contributed by atoms with Crippen LogP contribution in [0.3, 0.4) is 0 Å². The summed E-state index contributed by atoms with van der Waals surface area (Å²) in [6, 6.07) is 4.11. The van der Waals surface area contributed by atoms with E-state index in [-0.39, 0.29) is 0 Å². The van der Waals surface area contributed by atoms with Gasteiger partial charge in [0, 0.05) is 30.6 Å². The predicted molar refractivity (Wildman–Crippen MR) is 68.3 cm³/mol. The van der Waals surface area contributed by atoms with Crippen molar-refractivity contribution in [2.45, 2.75) is 32.6 Å². The monoisotopic (exact) mass is 217 g/mol. The van der Waals surface area contributed by atoms with Crippen LogP contribution in [0, 0.1) is 0 Å². The topological polar surface area (TPSA) is 37.3 Å². The minimum atomic E-state index is 0.970. The zero-order valence-corrected chi connectivity index (χ0v) is 9.87. The van der Waals surface area contributed by atoms with Crippen molar-refractivity contribution in [1.29, 1.82) is 0 Å². The van der Waals surface area contributed by atoms with Crippen molar-refractivity contribution in [3.05, 3.63) is 23.9 Å². The Kier molecular flexibility index (Phi) is 3.91. The highest BCUT2D eigenvalue weighted by molar-refractivity contribution is 6.04. The van der Waals surface area contributed by atoms with Gasteiger partial charge in [0.05, 0.1) is 0 Å². The molecule has 0 aromatic carbocycles. The lowest BCUT2D eigenvalue weighted by molar-refractivity contribution is 0.738. The maximum atomic E-state index is 4.61. The molecule has 0 unspecified atom stereocenters. The van der Waals surface area contributed by atoms with Crippen LogP contribution in [0.15, 0.2) is 23.3 Å². The number of hydrogen-bond acceptors (Lipinski definition) is 3. The summed E-state index contributed by atoms with van der Waals surface area (Å²) in [6.07, 6.45) is 6.52. The van der Waals surface area contributed by atoms with Gasteiger partial charge in [-0.05, 0) is 37.8 Å². The molecule has 0 saturated heterocycles. The zero-order valence-electron chi connectivity index (χ0n) is 9.87. The SMILES string of the molecule is CCCNc1ncccc1C1=NCCCC1. The van der Waals surface area contributed by atoms with Gasteiger partial charge in [-0.25, -0.2) is 4.98 Å². The first-order chi connectivity index (χ1) is 7.92. The number of anilines is 1. The van der Waals surface area contributed by atoms with Crippen molar-refractivity contribution in [3.8, 4) is 0 Å². The number of aromatic nitrogens is 1. The summed E-state index contributed by atoms with van der Waals surface area (Å²) in [7, 11) is 0. The molecular weight excluding hydrogens is 198 g/mol. The van der Waals surface area contributed by atoms with Crippen LogP contribution in [-0.2, 0) is 0 Å². The van der Waals surface area contributed by atoms with Crippen LogP contribution in [0.5, 0.6) is 0 Å². The van der Waals surface area contributed by atoms with Crippen molar-refractivity contribution < 1.29 is 0 Å². The molecule has 0 bridgehead atoms. The molecule has 86 valence electrons. The van der Waals surface area contributed by atoms with Crippen LogP contribution in [-0.4, -0.2) is 23.8 Å². The van der Waals surface area contributed by atoms with Crippen molar-refractivity contribution in [1.82, 2.24) is 4.98 Å². The molecule has 2 rings (SSSR count). The van der Waals surface area contributed by atoms with Gasteiger partial charge in [0.25, 0.3) is 0 Å². The first kappa shape index (κ1) is 11.1. The van der Waals surface area contributed by atoms with Crippen LogP contribution >= 0.6 is 0 Å². The first-order valence-corrected chi connectivity index (χ1v) is 6.14. The van der Waals surface area contributed by atoms with Crippen molar-refractivity contribution >= 4 is 11.5 Å². The summed E-state index contributed by atoms with van der Waals surface area (Å²) in [5.41, 5.74) is 2.41. The number of hydrogen-bond donors (Lipinski definition) is 1. The van der Waals surface area contributed by atoms with E-state index in [0.29, 0.717) is 0 Å². The molecule has 3 nitrogen and oxygen atoms in total. The minimum Gasteiger partial charge on any atom is -0.370 e. The van der Waals surface area contributed by atoms with E-state index < -0.39 is 0 Å². The summed E-state index contributed by atoms with van der Waals surface area (Å²) >= 11 is 0. The second-order valence-electron chi connectivity index (χ2n) is 4.11. The Labute approximate surface area is 97.0 Å². The number of nitrogens with one attached hydrogen (secondary N) is 1. The van der Waals surface area contributed by atoms with Gasteiger partial charge in [-0.1, -0.05) is 6.92 Å². The van der Waals surface area contributed by atoms with Crippen molar-refractivity contribution in [2.24, 2.45) is 4.99 Å². The third kappa shape index (κ3) is 2.60. The van der Waals surface area contributed by atoms with E-state index in [9.17, 15) is 0 Å². The van der Waals surface area contributed by atoms with E-state index in [0.717, 1.165) is 31.7 Å². The summed E-state index contributed by atoms with van der Waals surface area (Å²) in [5.74, 6) is 0.991. The lowest BCUT2D eigenvalue weighted by Crippen LogP contribution is -2.12. The van der Waals surface area contributed by atoms with E-state index >= 15 is 0 Å². The molecule has 1 aliphatic rings. The molecule has 2 heterocycles. The number of pyridine rings is 1. The molecule has 0 spiro atoms. The standard InChI is InChI=1S/C13H19N3/c1-2-8-15-13-11(6-5-10-16-13)12-7-3-4-9-14-12/h5-6,10H,2-4,7-9H2,1H3,(H,15,16). The average molecular weight is 217 g/mol. The van der Waals surface area contributed by atoms with Gasteiger partial charge in [-0.15, -0.1) is 0 Å². The Bertz CT molecular complexity index is 371. The van der Waals surface area contributed by atoms with Crippen LogP contribution in [0.25, 0.3) is 0 Å². The van der Waals surface area contributed by atoms with E-state index in [1.54, 1.807) is 0 Å². The smallest absolute Gasteiger partial charge is 0.135 e. The Hall–Kier alpha value is -1.38. The highest BCUT2D eigenvalue weighted by Crippen LogP contribution is 2.19. The molecule has 0 aliphatic carbocycles. The molecule has 16 heavy (non-hydrogen) atoms. The maximum absolute atomic E-state index is 4.61. The normalized spacial score (nSPS) is 15.7. The van der Waals surface area contributed by atoms with Gasteiger partial charge in [-0.3, -0.25) is 4.99 Å². The summed E-state index contributed by atoms with van der Waals surface area (Å²) in [4.78, 5) is 9.00. The molecule has 0 atom stereocenters. The Morgan fingerprint density at radius 1 is 1.38 bits per heavy atom. The molecule has 1 aromatic heterocycles. The summed E-state index contributed by atoms with van der Waals surface area (Å²) in [5, 5.41) is 3.37. The first-order valence-electron chi connectivity index (χ1n) is 6.14. The summed E-state index contributed by atoms with van der Waals surface area (Å²) < 4.78 is 0. The third-order valence-electron chi connectivity index (χ3n) is 2.79. The van der Waals surface area contributed by atoms with Gasteiger partial charge >= 0.3 is 0 Å². The van der Waals surface area contributed by atoms with Crippen LogP contribution in [0.1, 0.15) is 38.2 Å².